The third kappa shape index (κ3) is 3.55. The molecule has 0 bridgehead atoms. The Morgan fingerprint density at radius 2 is 1.86 bits per heavy atom. The van der Waals surface area contributed by atoms with Crippen molar-refractivity contribution in [1.82, 2.24) is 9.80 Å². The van der Waals surface area contributed by atoms with Crippen molar-refractivity contribution >= 4 is 11.8 Å². The predicted octanol–water partition coefficient (Wildman–Crippen LogP) is 1.92. The lowest BCUT2D eigenvalue weighted by molar-refractivity contribution is -0.130. The fourth-order valence-electron chi connectivity index (χ4n) is 2.58. The lowest BCUT2D eigenvalue weighted by Crippen LogP contribution is -2.37. The number of hydrogen-bond acceptors (Lipinski definition) is 3. The van der Waals surface area contributed by atoms with E-state index < -0.39 is 5.82 Å². The number of methoxy groups -OCH3 is 1. The highest BCUT2D eigenvalue weighted by molar-refractivity contribution is 5.94. The van der Waals surface area contributed by atoms with E-state index in [1.165, 1.54) is 19.2 Å². The van der Waals surface area contributed by atoms with Crippen LogP contribution in [0.15, 0.2) is 18.2 Å². The number of ether oxygens (including phenoxy) is 1. The lowest BCUT2D eigenvalue weighted by atomic mass is 10.1. The molecule has 5 nitrogen and oxygen atoms in total. The first-order valence-corrected chi connectivity index (χ1v) is 7.47. The van der Waals surface area contributed by atoms with Crippen LogP contribution in [0.2, 0.25) is 0 Å². The number of hydrogen-bond donors (Lipinski definition) is 0. The SMILES string of the molecule is CCC(=O)N1CCCN(C(=O)c2ccc(OC)c(F)c2)CC1. The summed E-state index contributed by atoms with van der Waals surface area (Å²) in [5, 5.41) is 0. The van der Waals surface area contributed by atoms with Gasteiger partial charge in [-0.05, 0) is 24.6 Å². The minimum Gasteiger partial charge on any atom is -0.494 e. The molecule has 1 aliphatic rings. The maximum Gasteiger partial charge on any atom is 0.254 e. The van der Waals surface area contributed by atoms with Crippen molar-refractivity contribution in [2.24, 2.45) is 0 Å². The smallest absolute Gasteiger partial charge is 0.254 e. The Kier molecular flexibility index (Phi) is 5.35. The third-order valence-electron chi connectivity index (χ3n) is 3.84. The molecule has 2 rings (SSSR count). The van der Waals surface area contributed by atoms with Crippen molar-refractivity contribution in [3.63, 3.8) is 0 Å². The first kappa shape index (κ1) is 16.3. The number of carbonyl (C=O) groups excluding carboxylic acids is 2. The van der Waals surface area contributed by atoms with E-state index in [1.807, 2.05) is 6.92 Å². The monoisotopic (exact) mass is 308 g/mol. The van der Waals surface area contributed by atoms with E-state index in [0.717, 1.165) is 6.42 Å². The maximum atomic E-state index is 13.7. The number of halogens is 1. The van der Waals surface area contributed by atoms with E-state index in [4.69, 9.17) is 4.74 Å². The highest BCUT2D eigenvalue weighted by Crippen LogP contribution is 2.19. The van der Waals surface area contributed by atoms with Crippen LogP contribution in [0.25, 0.3) is 0 Å². The summed E-state index contributed by atoms with van der Waals surface area (Å²) >= 11 is 0. The van der Waals surface area contributed by atoms with E-state index in [2.05, 4.69) is 0 Å². The topological polar surface area (TPSA) is 49.9 Å². The molecule has 1 aromatic rings. The molecule has 0 atom stereocenters. The molecule has 0 spiro atoms. The van der Waals surface area contributed by atoms with E-state index in [-0.39, 0.29) is 17.6 Å². The van der Waals surface area contributed by atoms with Crippen LogP contribution < -0.4 is 4.74 Å². The lowest BCUT2D eigenvalue weighted by Gasteiger charge is -2.22. The van der Waals surface area contributed by atoms with Gasteiger partial charge in [-0.1, -0.05) is 6.92 Å². The fraction of sp³-hybridized carbons (Fsp3) is 0.500. The molecular weight excluding hydrogens is 287 g/mol. The van der Waals surface area contributed by atoms with Crippen molar-refractivity contribution in [2.45, 2.75) is 19.8 Å². The summed E-state index contributed by atoms with van der Waals surface area (Å²) in [5.74, 6) is -0.546. The van der Waals surface area contributed by atoms with Gasteiger partial charge in [0.1, 0.15) is 0 Å². The Bertz CT molecular complexity index is 562. The summed E-state index contributed by atoms with van der Waals surface area (Å²) in [4.78, 5) is 27.7. The quantitative estimate of drug-likeness (QED) is 0.857. The largest absolute Gasteiger partial charge is 0.494 e. The molecule has 2 amide bonds. The van der Waals surface area contributed by atoms with Gasteiger partial charge >= 0.3 is 0 Å². The fourth-order valence-corrected chi connectivity index (χ4v) is 2.58. The van der Waals surface area contributed by atoms with Crippen LogP contribution >= 0.6 is 0 Å². The van der Waals surface area contributed by atoms with Crippen molar-refractivity contribution in [3.8, 4) is 5.75 Å². The highest BCUT2D eigenvalue weighted by Gasteiger charge is 2.22. The molecule has 1 aliphatic heterocycles. The van der Waals surface area contributed by atoms with E-state index in [0.29, 0.717) is 38.2 Å². The molecule has 1 fully saturated rings. The Labute approximate surface area is 129 Å². The van der Waals surface area contributed by atoms with E-state index in [9.17, 15) is 14.0 Å². The van der Waals surface area contributed by atoms with Gasteiger partial charge in [0.2, 0.25) is 5.91 Å². The minimum absolute atomic E-state index is 0.102. The van der Waals surface area contributed by atoms with Crippen LogP contribution in [0, 0.1) is 5.82 Å². The standard InChI is InChI=1S/C16H21FN2O3/c1-3-15(20)18-7-4-8-19(10-9-18)16(21)12-5-6-14(22-2)13(17)11-12/h5-6,11H,3-4,7-10H2,1-2H3. The summed E-state index contributed by atoms with van der Waals surface area (Å²) < 4.78 is 18.6. The van der Waals surface area contributed by atoms with Gasteiger partial charge in [0.25, 0.3) is 5.91 Å². The number of carbonyl (C=O) groups is 2. The second kappa shape index (κ2) is 7.24. The van der Waals surface area contributed by atoms with Gasteiger partial charge in [0.05, 0.1) is 7.11 Å². The number of benzene rings is 1. The number of amides is 2. The van der Waals surface area contributed by atoms with Crippen LogP contribution in [0.5, 0.6) is 5.75 Å². The van der Waals surface area contributed by atoms with Crippen LogP contribution in [-0.2, 0) is 4.79 Å². The zero-order chi connectivity index (χ0) is 16.1. The molecular formula is C16H21FN2O3. The molecule has 0 saturated carbocycles. The first-order chi connectivity index (χ1) is 10.6. The summed E-state index contributed by atoms with van der Waals surface area (Å²) in [5.41, 5.74) is 0.300. The Morgan fingerprint density at radius 1 is 1.18 bits per heavy atom. The van der Waals surface area contributed by atoms with Crippen molar-refractivity contribution in [2.75, 3.05) is 33.3 Å². The van der Waals surface area contributed by atoms with Gasteiger partial charge in [0.15, 0.2) is 11.6 Å². The normalized spacial score (nSPS) is 15.4. The zero-order valence-electron chi connectivity index (χ0n) is 13.0. The Hall–Kier alpha value is -2.11. The van der Waals surface area contributed by atoms with Gasteiger partial charge in [-0.2, -0.15) is 0 Å². The molecule has 1 aromatic carbocycles. The highest BCUT2D eigenvalue weighted by atomic mass is 19.1. The summed E-state index contributed by atoms with van der Waals surface area (Å²) in [6, 6.07) is 4.21. The maximum absolute atomic E-state index is 13.7. The predicted molar refractivity (Wildman–Crippen MR) is 80.3 cm³/mol. The number of nitrogens with zero attached hydrogens (tertiary/aromatic N) is 2. The molecule has 0 radical (unpaired) electrons. The van der Waals surface area contributed by atoms with Crippen molar-refractivity contribution < 1.29 is 18.7 Å². The molecule has 0 unspecified atom stereocenters. The van der Waals surface area contributed by atoms with Crippen molar-refractivity contribution in [3.05, 3.63) is 29.6 Å². The Balaban J connectivity index is 2.06. The summed E-state index contributed by atoms with van der Waals surface area (Å²) in [6.45, 7) is 4.05. The molecule has 0 aromatic heterocycles. The molecule has 1 heterocycles. The van der Waals surface area contributed by atoms with Crippen LogP contribution in [-0.4, -0.2) is 54.9 Å². The van der Waals surface area contributed by atoms with E-state index >= 15 is 0 Å². The van der Waals surface area contributed by atoms with E-state index in [1.54, 1.807) is 15.9 Å². The molecule has 1 saturated heterocycles. The second-order valence-corrected chi connectivity index (χ2v) is 5.23. The average Bonchev–Trinajstić information content (AvgIpc) is 2.79. The summed E-state index contributed by atoms with van der Waals surface area (Å²) in [6.07, 6.45) is 1.20. The van der Waals surface area contributed by atoms with Crippen LogP contribution in [0.4, 0.5) is 4.39 Å². The molecule has 0 aliphatic carbocycles. The number of rotatable bonds is 3. The molecule has 22 heavy (non-hydrogen) atoms. The second-order valence-electron chi connectivity index (χ2n) is 5.23. The third-order valence-corrected chi connectivity index (χ3v) is 3.84. The molecule has 0 N–H and O–H groups in total. The Morgan fingerprint density at radius 3 is 2.50 bits per heavy atom. The summed E-state index contributed by atoms with van der Waals surface area (Å²) in [7, 11) is 1.38. The molecule has 6 heteroatoms. The molecule has 120 valence electrons. The van der Waals surface area contributed by atoms with Gasteiger partial charge in [-0.25, -0.2) is 4.39 Å². The van der Waals surface area contributed by atoms with Gasteiger partial charge in [-0.15, -0.1) is 0 Å². The van der Waals surface area contributed by atoms with Gasteiger partial charge < -0.3 is 14.5 Å². The van der Waals surface area contributed by atoms with Crippen LogP contribution in [0.3, 0.4) is 0 Å². The first-order valence-electron chi connectivity index (χ1n) is 7.47. The minimum atomic E-state index is -0.550. The average molecular weight is 308 g/mol. The van der Waals surface area contributed by atoms with Gasteiger partial charge in [-0.3, -0.25) is 9.59 Å². The van der Waals surface area contributed by atoms with Crippen molar-refractivity contribution in [1.29, 1.82) is 0 Å². The van der Waals surface area contributed by atoms with Gasteiger partial charge in [0, 0.05) is 38.2 Å². The zero-order valence-corrected chi connectivity index (χ0v) is 13.0. The van der Waals surface area contributed by atoms with Crippen LogP contribution in [0.1, 0.15) is 30.1 Å².